The van der Waals surface area contributed by atoms with E-state index in [4.69, 9.17) is 0 Å². The van der Waals surface area contributed by atoms with Gasteiger partial charge in [-0.25, -0.2) is 0 Å². The lowest BCUT2D eigenvalue weighted by atomic mass is 9.93. The molecular weight excluding hydrogens is 266 g/mol. The number of hydrogen-bond donors (Lipinski definition) is 1. The van der Waals surface area contributed by atoms with Gasteiger partial charge < -0.3 is 9.67 Å². The predicted molar refractivity (Wildman–Crippen MR) is 68.7 cm³/mol. The highest BCUT2D eigenvalue weighted by Gasteiger charge is 2.22. The highest BCUT2D eigenvalue weighted by molar-refractivity contribution is 9.10. The summed E-state index contributed by atoms with van der Waals surface area (Å²) in [6, 6.07) is 6.37. The molecule has 0 saturated carbocycles. The minimum Gasteiger partial charge on any atom is -0.393 e. The molecule has 0 bridgehead atoms. The predicted octanol–water partition coefficient (Wildman–Crippen LogP) is 2.79. The molecule has 1 aliphatic carbocycles. The van der Waals surface area contributed by atoms with Crippen LogP contribution in [0, 0.1) is 0 Å². The molecule has 1 N–H and O–H groups in total. The first-order valence-corrected chi connectivity index (χ1v) is 6.40. The average molecular weight is 280 g/mol. The molecule has 1 aromatic carbocycles. The van der Waals surface area contributed by atoms with Crippen molar-refractivity contribution in [1.29, 1.82) is 0 Å². The number of nitrogens with zero attached hydrogens (tertiary/aromatic N) is 1. The van der Waals surface area contributed by atoms with Gasteiger partial charge in [0, 0.05) is 34.5 Å². The summed E-state index contributed by atoms with van der Waals surface area (Å²) < 4.78 is 3.37. The van der Waals surface area contributed by atoms with E-state index in [1.165, 1.54) is 22.2 Å². The fourth-order valence-corrected chi connectivity index (χ4v) is 3.08. The lowest BCUT2D eigenvalue weighted by Gasteiger charge is -2.18. The second-order valence-electron chi connectivity index (χ2n) is 4.54. The van der Waals surface area contributed by atoms with Crippen LogP contribution in [-0.2, 0) is 19.9 Å². The Kier molecular flexibility index (Phi) is 2.33. The maximum absolute atomic E-state index is 9.76. The highest BCUT2D eigenvalue weighted by Crippen LogP contribution is 2.32. The van der Waals surface area contributed by atoms with Gasteiger partial charge in [-0.3, -0.25) is 0 Å². The third-order valence-electron chi connectivity index (χ3n) is 3.55. The average Bonchev–Trinajstić information content (AvgIpc) is 2.52. The molecule has 1 heterocycles. The number of hydrogen-bond acceptors (Lipinski definition) is 1. The van der Waals surface area contributed by atoms with Crippen LogP contribution < -0.4 is 0 Å². The summed E-state index contributed by atoms with van der Waals surface area (Å²) in [5.41, 5.74) is 3.98. The third-order valence-corrected chi connectivity index (χ3v) is 4.05. The van der Waals surface area contributed by atoms with Crippen molar-refractivity contribution in [2.24, 2.45) is 7.05 Å². The lowest BCUT2D eigenvalue weighted by molar-refractivity contribution is 0.158. The van der Waals surface area contributed by atoms with Crippen molar-refractivity contribution < 1.29 is 5.11 Å². The number of rotatable bonds is 0. The Morgan fingerprint density at radius 2 is 2.25 bits per heavy atom. The molecule has 1 unspecified atom stereocenters. The minimum atomic E-state index is -0.165. The number of benzene rings is 1. The zero-order valence-electron chi connectivity index (χ0n) is 9.20. The zero-order valence-corrected chi connectivity index (χ0v) is 10.8. The van der Waals surface area contributed by atoms with Crippen LogP contribution in [0.3, 0.4) is 0 Å². The second kappa shape index (κ2) is 3.60. The summed E-state index contributed by atoms with van der Waals surface area (Å²) in [4.78, 5) is 0. The molecule has 3 heteroatoms. The van der Waals surface area contributed by atoms with Crippen LogP contribution in [0.2, 0.25) is 0 Å². The van der Waals surface area contributed by atoms with Crippen molar-refractivity contribution in [3.05, 3.63) is 33.9 Å². The van der Waals surface area contributed by atoms with Gasteiger partial charge in [0.25, 0.3) is 0 Å². The van der Waals surface area contributed by atoms with Crippen LogP contribution in [0.15, 0.2) is 22.7 Å². The molecule has 0 aliphatic heterocycles. The first-order valence-electron chi connectivity index (χ1n) is 5.60. The van der Waals surface area contributed by atoms with Gasteiger partial charge in [0.05, 0.1) is 6.10 Å². The Morgan fingerprint density at radius 3 is 3.06 bits per heavy atom. The molecule has 0 saturated heterocycles. The first-order chi connectivity index (χ1) is 7.66. The topological polar surface area (TPSA) is 25.2 Å². The quantitative estimate of drug-likeness (QED) is 0.788. The number of fused-ring (bicyclic) bond motifs is 3. The summed E-state index contributed by atoms with van der Waals surface area (Å²) in [7, 11) is 2.12. The normalized spacial score (nSPS) is 20.1. The number of aryl methyl sites for hydroxylation is 1. The van der Waals surface area contributed by atoms with E-state index in [0.717, 1.165) is 23.7 Å². The SMILES string of the molecule is Cn1c2c(c3ccc(Br)cc31)CC(O)CC2. The minimum absolute atomic E-state index is 0.165. The molecule has 84 valence electrons. The first kappa shape index (κ1) is 10.4. The molecule has 1 atom stereocenters. The van der Waals surface area contributed by atoms with E-state index in [1.54, 1.807) is 0 Å². The third kappa shape index (κ3) is 1.42. The number of halogens is 1. The molecule has 0 fully saturated rings. The van der Waals surface area contributed by atoms with E-state index in [-0.39, 0.29) is 6.10 Å². The van der Waals surface area contributed by atoms with E-state index in [1.807, 2.05) is 0 Å². The molecule has 16 heavy (non-hydrogen) atoms. The Hall–Kier alpha value is -0.800. The van der Waals surface area contributed by atoms with E-state index in [9.17, 15) is 5.11 Å². The molecule has 0 spiro atoms. The van der Waals surface area contributed by atoms with Crippen LogP contribution >= 0.6 is 15.9 Å². The van der Waals surface area contributed by atoms with Gasteiger partial charge in [-0.05, 0) is 30.5 Å². The fourth-order valence-electron chi connectivity index (χ4n) is 2.73. The molecule has 3 rings (SSSR count). The molecular formula is C13H14BrNO. The summed E-state index contributed by atoms with van der Waals surface area (Å²) in [5, 5.41) is 11.1. The molecule has 0 amide bonds. The van der Waals surface area contributed by atoms with Crippen molar-refractivity contribution in [2.45, 2.75) is 25.4 Å². The Morgan fingerprint density at radius 1 is 1.44 bits per heavy atom. The van der Waals surface area contributed by atoms with Crippen LogP contribution in [0.25, 0.3) is 10.9 Å². The number of aliphatic hydroxyl groups is 1. The van der Waals surface area contributed by atoms with Crippen molar-refractivity contribution in [3.8, 4) is 0 Å². The van der Waals surface area contributed by atoms with Gasteiger partial charge in [0.2, 0.25) is 0 Å². The molecule has 1 aromatic heterocycles. The van der Waals surface area contributed by atoms with Gasteiger partial charge in [0.15, 0.2) is 0 Å². The van der Waals surface area contributed by atoms with E-state index in [0.29, 0.717) is 0 Å². The maximum atomic E-state index is 9.76. The number of aliphatic hydroxyl groups excluding tert-OH is 1. The standard InChI is InChI=1S/C13H14BrNO/c1-15-12-5-3-9(16)7-11(12)10-4-2-8(14)6-13(10)15/h2,4,6,9,16H,3,5,7H2,1H3. The molecule has 2 nitrogen and oxygen atoms in total. The van der Waals surface area contributed by atoms with Crippen molar-refractivity contribution >= 4 is 26.8 Å². The smallest absolute Gasteiger partial charge is 0.0585 e. The molecule has 1 aliphatic rings. The van der Waals surface area contributed by atoms with Crippen molar-refractivity contribution in [2.75, 3.05) is 0 Å². The Bertz CT molecular complexity index is 559. The second-order valence-corrected chi connectivity index (χ2v) is 5.46. The summed E-state index contributed by atoms with van der Waals surface area (Å²) in [6.07, 6.45) is 2.51. The Balaban J connectivity index is 2.32. The summed E-state index contributed by atoms with van der Waals surface area (Å²) >= 11 is 3.51. The van der Waals surface area contributed by atoms with E-state index < -0.39 is 0 Å². The van der Waals surface area contributed by atoms with Crippen LogP contribution in [0.5, 0.6) is 0 Å². The van der Waals surface area contributed by atoms with Gasteiger partial charge >= 0.3 is 0 Å². The largest absolute Gasteiger partial charge is 0.393 e. The monoisotopic (exact) mass is 279 g/mol. The summed E-state index contributed by atoms with van der Waals surface area (Å²) in [5.74, 6) is 0. The van der Waals surface area contributed by atoms with Gasteiger partial charge in [-0.1, -0.05) is 22.0 Å². The highest BCUT2D eigenvalue weighted by atomic mass is 79.9. The van der Waals surface area contributed by atoms with E-state index >= 15 is 0 Å². The van der Waals surface area contributed by atoms with Crippen molar-refractivity contribution in [1.82, 2.24) is 4.57 Å². The molecule has 2 aromatic rings. The van der Waals surface area contributed by atoms with E-state index in [2.05, 4.69) is 45.7 Å². The number of aromatic nitrogens is 1. The van der Waals surface area contributed by atoms with Gasteiger partial charge in [-0.15, -0.1) is 0 Å². The Labute approximate surface area is 103 Å². The van der Waals surface area contributed by atoms with Crippen molar-refractivity contribution in [3.63, 3.8) is 0 Å². The van der Waals surface area contributed by atoms with Gasteiger partial charge in [-0.2, -0.15) is 0 Å². The van der Waals surface area contributed by atoms with Crippen LogP contribution in [0.1, 0.15) is 17.7 Å². The maximum Gasteiger partial charge on any atom is 0.0585 e. The lowest BCUT2D eigenvalue weighted by Crippen LogP contribution is -2.19. The molecule has 0 radical (unpaired) electrons. The van der Waals surface area contributed by atoms with Crippen LogP contribution in [-0.4, -0.2) is 15.8 Å². The van der Waals surface area contributed by atoms with Gasteiger partial charge in [0.1, 0.15) is 0 Å². The zero-order chi connectivity index (χ0) is 11.3. The fraction of sp³-hybridized carbons (Fsp3) is 0.385. The summed E-state index contributed by atoms with van der Waals surface area (Å²) in [6.45, 7) is 0. The van der Waals surface area contributed by atoms with Crippen LogP contribution in [0.4, 0.5) is 0 Å².